The topological polar surface area (TPSA) is 106 Å². The van der Waals surface area contributed by atoms with Gasteiger partial charge in [0.25, 0.3) is 0 Å². The number of carbonyl (C=O) groups is 3. The molecule has 3 fully saturated rings. The molecule has 2 atom stereocenters. The molecule has 5 rings (SSSR count). The zero-order valence-electron chi connectivity index (χ0n) is 22.9. The molecular formula is C28H39N5O5. The number of amides is 3. The van der Waals surface area contributed by atoms with Crippen LogP contribution in [0.5, 0.6) is 0 Å². The smallest absolute Gasteiger partial charge is 0.410 e. The number of hydrogen-bond donors (Lipinski definition) is 1. The van der Waals surface area contributed by atoms with Crippen molar-refractivity contribution in [3.63, 3.8) is 0 Å². The molecule has 0 aliphatic carbocycles. The number of imidazole rings is 1. The summed E-state index contributed by atoms with van der Waals surface area (Å²) in [5.74, 6) is 0.175. The standard InChI is InChI=1S/C28H39N5O5/c1-28(2,3)38-27(37)32-14-9-18(17-32)16-31-12-10-19(11-13-31)20-5-6-21-23(15-20)30(4)26(36)33(21)22-7-8-24(34)29-25(22)35/h5-6,15,18-19,22H,7-14,16-17H2,1-4H3,(H,29,34,35)/t18-,22?/m0/s1. The molecule has 1 aromatic carbocycles. The number of aromatic nitrogens is 2. The number of benzene rings is 1. The highest BCUT2D eigenvalue weighted by atomic mass is 16.6. The van der Waals surface area contributed by atoms with Gasteiger partial charge in [0.1, 0.15) is 11.6 Å². The van der Waals surface area contributed by atoms with Gasteiger partial charge in [0.2, 0.25) is 11.8 Å². The van der Waals surface area contributed by atoms with E-state index in [0.29, 0.717) is 18.3 Å². The number of nitrogens with zero attached hydrogens (tertiary/aromatic N) is 4. The molecule has 3 saturated heterocycles. The molecule has 0 saturated carbocycles. The summed E-state index contributed by atoms with van der Waals surface area (Å²) < 4.78 is 8.67. The van der Waals surface area contributed by atoms with Gasteiger partial charge in [-0.1, -0.05) is 6.07 Å². The van der Waals surface area contributed by atoms with Crippen molar-refractivity contribution in [2.24, 2.45) is 13.0 Å². The van der Waals surface area contributed by atoms with Gasteiger partial charge in [-0.3, -0.25) is 24.0 Å². The van der Waals surface area contributed by atoms with Crippen LogP contribution < -0.4 is 11.0 Å². The Hall–Kier alpha value is -3.14. The number of nitrogens with one attached hydrogen (secondary N) is 1. The van der Waals surface area contributed by atoms with Crippen LogP contribution in [0.25, 0.3) is 11.0 Å². The average molecular weight is 526 g/mol. The second kappa shape index (κ2) is 10.2. The number of aryl methyl sites for hydroxylation is 1. The Kier molecular flexibility index (Phi) is 7.11. The first-order valence-corrected chi connectivity index (χ1v) is 13.7. The van der Waals surface area contributed by atoms with Crippen molar-refractivity contribution in [3.05, 3.63) is 34.2 Å². The van der Waals surface area contributed by atoms with Crippen molar-refractivity contribution in [2.45, 2.75) is 70.4 Å². The second-order valence-electron chi connectivity index (χ2n) is 12.1. The number of piperidine rings is 2. The van der Waals surface area contributed by atoms with Crippen LogP contribution in [0, 0.1) is 5.92 Å². The first kappa shape index (κ1) is 26.5. The summed E-state index contributed by atoms with van der Waals surface area (Å²) in [6, 6.07) is 5.46. The van der Waals surface area contributed by atoms with Crippen molar-refractivity contribution < 1.29 is 19.1 Å². The first-order valence-electron chi connectivity index (χ1n) is 13.7. The molecule has 3 amide bonds. The van der Waals surface area contributed by atoms with Crippen molar-refractivity contribution in [2.75, 3.05) is 32.7 Å². The molecule has 1 N–H and O–H groups in total. The average Bonchev–Trinajstić information content (AvgIpc) is 3.42. The summed E-state index contributed by atoms with van der Waals surface area (Å²) in [4.78, 5) is 53.8. The van der Waals surface area contributed by atoms with E-state index >= 15 is 0 Å². The molecule has 0 radical (unpaired) electrons. The van der Waals surface area contributed by atoms with Gasteiger partial charge in [-0.25, -0.2) is 9.59 Å². The lowest BCUT2D eigenvalue weighted by Gasteiger charge is -2.33. The van der Waals surface area contributed by atoms with E-state index in [9.17, 15) is 19.2 Å². The van der Waals surface area contributed by atoms with E-state index in [1.165, 1.54) is 10.1 Å². The number of fused-ring (bicyclic) bond motifs is 1. The number of hydrogen-bond acceptors (Lipinski definition) is 6. The Morgan fingerprint density at radius 3 is 2.45 bits per heavy atom. The largest absolute Gasteiger partial charge is 0.444 e. The Balaban J connectivity index is 1.20. The fraction of sp³-hybridized carbons (Fsp3) is 0.643. The summed E-state index contributed by atoms with van der Waals surface area (Å²) in [5.41, 5.74) is 2.04. The van der Waals surface area contributed by atoms with Gasteiger partial charge in [0.05, 0.1) is 11.0 Å². The minimum atomic E-state index is -0.667. The van der Waals surface area contributed by atoms with E-state index in [-0.39, 0.29) is 24.1 Å². The van der Waals surface area contributed by atoms with Gasteiger partial charge >= 0.3 is 11.8 Å². The minimum absolute atomic E-state index is 0.213. The van der Waals surface area contributed by atoms with Gasteiger partial charge < -0.3 is 14.5 Å². The lowest BCUT2D eigenvalue weighted by molar-refractivity contribution is -0.135. The molecule has 3 aliphatic rings. The maximum Gasteiger partial charge on any atom is 0.410 e. The van der Waals surface area contributed by atoms with Crippen LogP contribution in [0.2, 0.25) is 0 Å². The van der Waals surface area contributed by atoms with Crippen LogP contribution in [0.1, 0.15) is 70.4 Å². The highest BCUT2D eigenvalue weighted by Gasteiger charge is 2.33. The predicted molar refractivity (Wildman–Crippen MR) is 143 cm³/mol. The number of ether oxygens (including phenoxy) is 1. The van der Waals surface area contributed by atoms with E-state index in [2.05, 4.69) is 22.3 Å². The number of rotatable bonds is 4. The second-order valence-corrected chi connectivity index (χ2v) is 12.1. The molecular weight excluding hydrogens is 486 g/mol. The SMILES string of the molecule is Cn1c(=O)n(C2CCC(=O)NC2=O)c2ccc(C3CCN(C[C@@H]4CCN(C(=O)OC(C)(C)C)C4)CC3)cc21. The number of likely N-dealkylation sites (tertiary alicyclic amines) is 2. The van der Waals surface area contributed by atoms with E-state index < -0.39 is 17.6 Å². The number of imide groups is 1. The van der Waals surface area contributed by atoms with E-state index in [0.717, 1.165) is 63.0 Å². The van der Waals surface area contributed by atoms with Crippen LogP contribution in [0.15, 0.2) is 23.0 Å². The maximum absolute atomic E-state index is 13.1. The predicted octanol–water partition coefficient (Wildman–Crippen LogP) is 2.75. The monoisotopic (exact) mass is 525 g/mol. The zero-order valence-corrected chi connectivity index (χ0v) is 22.9. The van der Waals surface area contributed by atoms with Crippen LogP contribution in [0.3, 0.4) is 0 Å². The quantitative estimate of drug-likeness (QED) is 0.616. The Morgan fingerprint density at radius 2 is 1.76 bits per heavy atom. The van der Waals surface area contributed by atoms with Gasteiger partial charge in [0, 0.05) is 33.1 Å². The molecule has 10 heteroatoms. The Morgan fingerprint density at radius 1 is 1.03 bits per heavy atom. The van der Waals surface area contributed by atoms with E-state index in [1.807, 2.05) is 31.7 Å². The lowest BCUT2D eigenvalue weighted by Crippen LogP contribution is -2.44. The molecule has 2 aromatic rings. The minimum Gasteiger partial charge on any atom is -0.444 e. The summed E-state index contributed by atoms with van der Waals surface area (Å²) in [7, 11) is 1.74. The molecule has 0 bridgehead atoms. The van der Waals surface area contributed by atoms with Crippen LogP contribution in [-0.4, -0.2) is 75.2 Å². The van der Waals surface area contributed by atoms with Crippen molar-refractivity contribution in [1.82, 2.24) is 24.3 Å². The Bertz CT molecular complexity index is 1300. The zero-order chi connectivity index (χ0) is 27.2. The number of carbonyl (C=O) groups excluding carboxylic acids is 3. The molecule has 4 heterocycles. The fourth-order valence-corrected chi connectivity index (χ4v) is 6.15. The third-order valence-corrected chi connectivity index (χ3v) is 8.15. The molecule has 10 nitrogen and oxygen atoms in total. The van der Waals surface area contributed by atoms with E-state index in [4.69, 9.17) is 4.74 Å². The lowest BCUT2D eigenvalue weighted by atomic mass is 9.88. The Labute approximate surface area is 222 Å². The van der Waals surface area contributed by atoms with Crippen molar-refractivity contribution in [3.8, 4) is 0 Å². The van der Waals surface area contributed by atoms with Gasteiger partial charge in [-0.15, -0.1) is 0 Å². The summed E-state index contributed by atoms with van der Waals surface area (Å²) in [6.07, 6.45) is 3.44. The van der Waals surface area contributed by atoms with Gasteiger partial charge in [-0.05, 0) is 89.1 Å². The van der Waals surface area contributed by atoms with E-state index in [1.54, 1.807) is 11.6 Å². The molecule has 1 aromatic heterocycles. The highest BCUT2D eigenvalue weighted by molar-refractivity contribution is 6.00. The van der Waals surface area contributed by atoms with Gasteiger partial charge in [0.15, 0.2) is 0 Å². The van der Waals surface area contributed by atoms with Gasteiger partial charge in [-0.2, -0.15) is 0 Å². The van der Waals surface area contributed by atoms with Crippen LogP contribution >= 0.6 is 0 Å². The summed E-state index contributed by atoms with van der Waals surface area (Å²) in [5, 5.41) is 2.36. The third kappa shape index (κ3) is 5.36. The molecule has 38 heavy (non-hydrogen) atoms. The highest BCUT2D eigenvalue weighted by Crippen LogP contribution is 2.32. The normalized spacial score (nSPS) is 23.7. The van der Waals surface area contributed by atoms with Crippen molar-refractivity contribution in [1.29, 1.82) is 0 Å². The summed E-state index contributed by atoms with van der Waals surface area (Å²) >= 11 is 0. The maximum atomic E-state index is 13.1. The molecule has 206 valence electrons. The molecule has 1 unspecified atom stereocenters. The van der Waals surface area contributed by atoms with Crippen molar-refractivity contribution >= 4 is 28.9 Å². The summed E-state index contributed by atoms with van der Waals surface area (Å²) in [6.45, 7) is 10.2. The van der Waals surface area contributed by atoms with Crippen LogP contribution in [-0.2, 0) is 21.4 Å². The first-order chi connectivity index (χ1) is 18.0. The van der Waals surface area contributed by atoms with Crippen LogP contribution in [0.4, 0.5) is 4.79 Å². The third-order valence-electron chi connectivity index (χ3n) is 8.15. The fourth-order valence-electron chi connectivity index (χ4n) is 6.15. The molecule has 3 aliphatic heterocycles. The molecule has 0 spiro atoms.